The summed E-state index contributed by atoms with van der Waals surface area (Å²) in [5.41, 5.74) is 1.94. The SMILES string of the molecule is COc1cc(OC)c2c(c1)N(C(=O)CC1CCC(C(=O)O)CC1)CCC2. The predicted molar refractivity (Wildman–Crippen MR) is 97.9 cm³/mol. The molecule has 1 amide bonds. The number of methoxy groups -OCH3 is 2. The van der Waals surface area contributed by atoms with Gasteiger partial charge in [-0.15, -0.1) is 0 Å². The Labute approximate surface area is 154 Å². The Morgan fingerprint density at radius 1 is 1.15 bits per heavy atom. The van der Waals surface area contributed by atoms with Crippen LogP contribution in [-0.4, -0.2) is 37.7 Å². The van der Waals surface area contributed by atoms with Crippen LogP contribution in [0.3, 0.4) is 0 Å². The Kier molecular flexibility index (Phi) is 5.69. The molecule has 0 atom stereocenters. The molecular formula is C20H27NO5. The molecule has 3 rings (SSSR count). The number of rotatable bonds is 5. The number of anilines is 1. The van der Waals surface area contributed by atoms with Gasteiger partial charge in [-0.3, -0.25) is 9.59 Å². The molecule has 0 radical (unpaired) electrons. The smallest absolute Gasteiger partial charge is 0.306 e. The van der Waals surface area contributed by atoms with E-state index >= 15 is 0 Å². The molecule has 0 aromatic heterocycles. The highest BCUT2D eigenvalue weighted by Gasteiger charge is 2.31. The molecule has 1 fully saturated rings. The van der Waals surface area contributed by atoms with E-state index in [1.165, 1.54) is 0 Å². The van der Waals surface area contributed by atoms with Crippen LogP contribution in [0.25, 0.3) is 0 Å². The van der Waals surface area contributed by atoms with Crippen molar-refractivity contribution in [1.82, 2.24) is 0 Å². The molecule has 0 spiro atoms. The minimum atomic E-state index is -0.709. The number of fused-ring (bicyclic) bond motifs is 1. The third kappa shape index (κ3) is 3.79. The Morgan fingerprint density at radius 2 is 1.88 bits per heavy atom. The first-order chi connectivity index (χ1) is 12.5. The highest BCUT2D eigenvalue weighted by Crippen LogP contribution is 2.39. The number of hydrogen-bond donors (Lipinski definition) is 1. The van der Waals surface area contributed by atoms with Gasteiger partial charge in [0.2, 0.25) is 5.91 Å². The number of carboxylic acid groups (broad SMARTS) is 1. The van der Waals surface area contributed by atoms with Crippen LogP contribution >= 0.6 is 0 Å². The third-order valence-electron chi connectivity index (χ3n) is 5.67. The first-order valence-corrected chi connectivity index (χ1v) is 9.31. The van der Waals surface area contributed by atoms with Gasteiger partial charge in [-0.2, -0.15) is 0 Å². The maximum atomic E-state index is 13.0. The van der Waals surface area contributed by atoms with Crippen molar-refractivity contribution in [1.29, 1.82) is 0 Å². The number of hydrogen-bond acceptors (Lipinski definition) is 4. The number of aliphatic carboxylic acids is 1. The van der Waals surface area contributed by atoms with Crippen LogP contribution in [0.15, 0.2) is 12.1 Å². The topological polar surface area (TPSA) is 76.1 Å². The molecule has 1 heterocycles. The zero-order chi connectivity index (χ0) is 18.7. The molecule has 0 unspecified atom stereocenters. The van der Waals surface area contributed by atoms with Crippen molar-refractivity contribution >= 4 is 17.6 Å². The van der Waals surface area contributed by atoms with Gasteiger partial charge in [0, 0.05) is 30.7 Å². The highest BCUT2D eigenvalue weighted by molar-refractivity contribution is 5.95. The highest BCUT2D eigenvalue weighted by atomic mass is 16.5. The van der Waals surface area contributed by atoms with E-state index in [2.05, 4.69) is 0 Å². The minimum Gasteiger partial charge on any atom is -0.497 e. The van der Waals surface area contributed by atoms with Crippen molar-refractivity contribution in [3.63, 3.8) is 0 Å². The van der Waals surface area contributed by atoms with Crippen LogP contribution in [0, 0.1) is 11.8 Å². The molecule has 2 aliphatic rings. The number of nitrogens with zero attached hydrogens (tertiary/aromatic N) is 1. The summed E-state index contributed by atoms with van der Waals surface area (Å²) >= 11 is 0. The van der Waals surface area contributed by atoms with Gasteiger partial charge in [0.15, 0.2) is 0 Å². The summed E-state index contributed by atoms with van der Waals surface area (Å²) in [6.07, 6.45) is 5.24. The normalized spacial score (nSPS) is 22.5. The summed E-state index contributed by atoms with van der Waals surface area (Å²) in [5, 5.41) is 9.12. The minimum absolute atomic E-state index is 0.111. The first-order valence-electron chi connectivity index (χ1n) is 9.31. The van der Waals surface area contributed by atoms with E-state index in [-0.39, 0.29) is 17.7 Å². The van der Waals surface area contributed by atoms with Gasteiger partial charge in [0.25, 0.3) is 0 Å². The maximum absolute atomic E-state index is 13.0. The van der Waals surface area contributed by atoms with Crippen LogP contribution in [0.1, 0.15) is 44.1 Å². The Balaban J connectivity index is 1.73. The molecule has 26 heavy (non-hydrogen) atoms. The zero-order valence-electron chi connectivity index (χ0n) is 15.5. The molecule has 0 saturated heterocycles. The lowest BCUT2D eigenvalue weighted by Crippen LogP contribution is -2.37. The number of benzene rings is 1. The summed E-state index contributed by atoms with van der Waals surface area (Å²) < 4.78 is 10.9. The fourth-order valence-corrected chi connectivity index (χ4v) is 4.16. The first kappa shape index (κ1) is 18.5. The lowest BCUT2D eigenvalue weighted by molar-refractivity contribution is -0.143. The Bertz CT molecular complexity index is 679. The molecule has 1 aliphatic heterocycles. The van der Waals surface area contributed by atoms with E-state index in [0.717, 1.165) is 42.7 Å². The zero-order valence-corrected chi connectivity index (χ0v) is 15.5. The van der Waals surface area contributed by atoms with Gasteiger partial charge in [-0.1, -0.05) is 0 Å². The third-order valence-corrected chi connectivity index (χ3v) is 5.67. The van der Waals surface area contributed by atoms with E-state index in [1.54, 1.807) is 14.2 Å². The molecule has 6 nitrogen and oxygen atoms in total. The summed E-state index contributed by atoms with van der Waals surface area (Å²) in [4.78, 5) is 25.9. The molecule has 1 aromatic carbocycles. The van der Waals surface area contributed by atoms with Crippen LogP contribution in [-0.2, 0) is 16.0 Å². The monoisotopic (exact) mass is 361 g/mol. The molecular weight excluding hydrogens is 334 g/mol. The van der Waals surface area contributed by atoms with Gasteiger partial charge in [-0.25, -0.2) is 0 Å². The van der Waals surface area contributed by atoms with Crippen LogP contribution < -0.4 is 14.4 Å². The van der Waals surface area contributed by atoms with Crippen molar-refractivity contribution in [3.05, 3.63) is 17.7 Å². The van der Waals surface area contributed by atoms with E-state index in [9.17, 15) is 9.59 Å². The van der Waals surface area contributed by atoms with Gasteiger partial charge in [0.05, 0.1) is 25.8 Å². The number of ether oxygens (including phenoxy) is 2. The summed E-state index contributed by atoms with van der Waals surface area (Å²) in [6.45, 7) is 0.701. The Morgan fingerprint density at radius 3 is 2.50 bits per heavy atom. The van der Waals surface area contributed by atoms with Crippen LogP contribution in [0.2, 0.25) is 0 Å². The number of carbonyl (C=O) groups is 2. The quantitative estimate of drug-likeness (QED) is 0.871. The lowest BCUT2D eigenvalue weighted by atomic mass is 9.80. The molecule has 6 heteroatoms. The number of carbonyl (C=O) groups excluding carboxylic acids is 1. The largest absolute Gasteiger partial charge is 0.497 e. The summed E-state index contributed by atoms with van der Waals surface area (Å²) in [5.74, 6) is 0.876. The summed E-state index contributed by atoms with van der Waals surface area (Å²) in [6, 6.07) is 3.77. The van der Waals surface area contributed by atoms with Gasteiger partial charge in [0.1, 0.15) is 11.5 Å². The second kappa shape index (κ2) is 7.98. The van der Waals surface area contributed by atoms with Crippen molar-refractivity contribution in [2.45, 2.75) is 44.9 Å². The maximum Gasteiger partial charge on any atom is 0.306 e. The second-order valence-corrected chi connectivity index (χ2v) is 7.24. The second-order valence-electron chi connectivity index (χ2n) is 7.24. The molecule has 1 N–H and O–H groups in total. The molecule has 1 aliphatic carbocycles. The van der Waals surface area contributed by atoms with Crippen LogP contribution in [0.4, 0.5) is 5.69 Å². The van der Waals surface area contributed by atoms with E-state index in [0.29, 0.717) is 31.6 Å². The predicted octanol–water partition coefficient (Wildman–Crippen LogP) is 3.26. The molecule has 142 valence electrons. The van der Waals surface area contributed by atoms with E-state index < -0.39 is 5.97 Å². The molecule has 1 saturated carbocycles. The summed E-state index contributed by atoms with van der Waals surface area (Å²) in [7, 11) is 3.24. The number of carboxylic acids is 1. The standard InChI is InChI=1S/C20H27NO5/c1-25-15-11-17-16(18(12-15)26-2)4-3-9-21(17)19(22)10-13-5-7-14(8-6-13)20(23)24/h11-14H,3-10H2,1-2H3,(H,23,24). The van der Waals surface area contributed by atoms with Gasteiger partial charge < -0.3 is 19.5 Å². The molecule has 1 aromatic rings. The molecule has 0 bridgehead atoms. The van der Waals surface area contributed by atoms with Crippen molar-refractivity contribution in [2.75, 3.05) is 25.7 Å². The average Bonchev–Trinajstić information content (AvgIpc) is 2.66. The van der Waals surface area contributed by atoms with Gasteiger partial charge >= 0.3 is 5.97 Å². The number of amides is 1. The van der Waals surface area contributed by atoms with Crippen molar-refractivity contribution in [2.24, 2.45) is 11.8 Å². The van der Waals surface area contributed by atoms with E-state index in [4.69, 9.17) is 14.6 Å². The van der Waals surface area contributed by atoms with Crippen molar-refractivity contribution in [3.8, 4) is 11.5 Å². The lowest BCUT2D eigenvalue weighted by Gasteiger charge is -2.33. The van der Waals surface area contributed by atoms with Crippen molar-refractivity contribution < 1.29 is 24.2 Å². The average molecular weight is 361 g/mol. The fourth-order valence-electron chi connectivity index (χ4n) is 4.16. The Hall–Kier alpha value is -2.24. The fraction of sp³-hybridized carbons (Fsp3) is 0.600. The van der Waals surface area contributed by atoms with Gasteiger partial charge in [-0.05, 0) is 44.4 Å². The van der Waals surface area contributed by atoms with Crippen LogP contribution in [0.5, 0.6) is 11.5 Å². The van der Waals surface area contributed by atoms with E-state index in [1.807, 2.05) is 17.0 Å².